The van der Waals surface area contributed by atoms with E-state index in [0.717, 1.165) is 42.5 Å². The number of benzene rings is 2. The molecule has 0 radical (unpaired) electrons. The van der Waals surface area contributed by atoms with Gasteiger partial charge in [-0.3, -0.25) is 5.84 Å². The summed E-state index contributed by atoms with van der Waals surface area (Å²) < 4.78 is 43.6. The number of ether oxygens (including phenoxy) is 1. The van der Waals surface area contributed by atoms with Crippen molar-refractivity contribution in [3.8, 4) is 5.75 Å². The van der Waals surface area contributed by atoms with Crippen LogP contribution in [0.3, 0.4) is 0 Å². The number of hydrazine groups is 1. The predicted molar refractivity (Wildman–Crippen MR) is 116 cm³/mol. The van der Waals surface area contributed by atoms with Crippen molar-refractivity contribution in [2.75, 3.05) is 13.2 Å². The average Bonchev–Trinajstić information content (AvgIpc) is 2.68. The molecule has 2 aromatic rings. The lowest BCUT2D eigenvalue weighted by atomic mass is 9.76. The van der Waals surface area contributed by atoms with Crippen molar-refractivity contribution in [1.82, 2.24) is 5.01 Å². The molecule has 3 nitrogen and oxygen atoms in total. The van der Waals surface area contributed by atoms with Gasteiger partial charge in [0.2, 0.25) is 0 Å². The number of nitrogens with zero attached hydrogens (tertiary/aromatic N) is 1. The second-order valence-electron chi connectivity index (χ2n) is 8.15. The smallest absolute Gasteiger partial charge is 0.422 e. The lowest BCUT2D eigenvalue weighted by Crippen LogP contribution is -2.54. The average molecular weight is 443 g/mol. The monoisotopic (exact) mass is 442 g/mol. The summed E-state index contributed by atoms with van der Waals surface area (Å²) in [7, 11) is 0. The molecule has 0 saturated carbocycles. The minimum absolute atomic E-state index is 0. The summed E-state index contributed by atoms with van der Waals surface area (Å²) in [5.74, 6) is 7.04. The number of alkyl halides is 3. The van der Waals surface area contributed by atoms with Crippen LogP contribution in [0.5, 0.6) is 5.75 Å². The minimum atomic E-state index is -4.38. The highest BCUT2D eigenvalue weighted by molar-refractivity contribution is 5.85. The molecule has 1 aliphatic heterocycles. The van der Waals surface area contributed by atoms with E-state index >= 15 is 0 Å². The first-order valence-electron chi connectivity index (χ1n) is 10.1. The van der Waals surface area contributed by atoms with Gasteiger partial charge in [-0.15, -0.1) is 12.4 Å². The molecule has 0 aliphatic carbocycles. The van der Waals surface area contributed by atoms with Crippen molar-refractivity contribution >= 4 is 12.4 Å². The second kappa shape index (κ2) is 10.0. The van der Waals surface area contributed by atoms with Gasteiger partial charge >= 0.3 is 6.18 Å². The molecule has 0 bridgehead atoms. The maximum Gasteiger partial charge on any atom is 0.422 e. The van der Waals surface area contributed by atoms with Crippen LogP contribution in [0, 0.1) is 0 Å². The van der Waals surface area contributed by atoms with Crippen LogP contribution in [0.1, 0.15) is 55.7 Å². The highest BCUT2D eigenvalue weighted by Crippen LogP contribution is 2.41. The van der Waals surface area contributed by atoms with Gasteiger partial charge in [0, 0.05) is 6.54 Å². The maximum absolute atomic E-state index is 12.8. The molecular formula is C23H30ClF3N2O. The molecule has 2 N–H and O–H groups in total. The molecule has 0 amide bonds. The summed E-state index contributed by atoms with van der Waals surface area (Å²) in [4.78, 5) is 0. The number of halogens is 4. The molecule has 1 heterocycles. The molecule has 1 saturated heterocycles. The highest BCUT2D eigenvalue weighted by Gasteiger charge is 2.40. The van der Waals surface area contributed by atoms with Crippen LogP contribution in [0.2, 0.25) is 0 Å². The first-order chi connectivity index (χ1) is 13.7. The van der Waals surface area contributed by atoms with Gasteiger partial charge in [0.15, 0.2) is 6.61 Å². The quantitative estimate of drug-likeness (QED) is 0.560. The van der Waals surface area contributed by atoms with Gasteiger partial charge in [0.25, 0.3) is 0 Å². The number of hydrogen-bond acceptors (Lipinski definition) is 3. The molecule has 1 fully saturated rings. The Balaban J connectivity index is 0.00000320. The van der Waals surface area contributed by atoms with E-state index in [-0.39, 0.29) is 24.1 Å². The van der Waals surface area contributed by atoms with Crippen LogP contribution in [-0.2, 0) is 12.0 Å². The zero-order valence-corrected chi connectivity index (χ0v) is 18.2. The molecule has 0 aromatic heterocycles. The van der Waals surface area contributed by atoms with E-state index in [4.69, 9.17) is 10.6 Å². The largest absolute Gasteiger partial charge is 0.484 e. The van der Waals surface area contributed by atoms with Crippen LogP contribution in [-0.4, -0.2) is 24.3 Å². The Morgan fingerprint density at radius 3 is 2.40 bits per heavy atom. The summed E-state index contributed by atoms with van der Waals surface area (Å²) in [5.41, 5.74) is 2.45. The molecule has 1 atom stereocenters. The van der Waals surface area contributed by atoms with Gasteiger partial charge in [-0.2, -0.15) is 13.2 Å². The number of rotatable bonds is 6. The molecule has 30 heavy (non-hydrogen) atoms. The van der Waals surface area contributed by atoms with E-state index in [9.17, 15) is 13.2 Å². The fourth-order valence-corrected chi connectivity index (χ4v) is 4.12. The predicted octanol–water partition coefficient (Wildman–Crippen LogP) is 5.97. The Morgan fingerprint density at radius 1 is 1.10 bits per heavy atom. The zero-order chi connectivity index (χ0) is 21.1. The maximum atomic E-state index is 12.8. The molecule has 3 rings (SSSR count). The van der Waals surface area contributed by atoms with Gasteiger partial charge in [0.1, 0.15) is 5.75 Å². The van der Waals surface area contributed by atoms with Crippen molar-refractivity contribution in [3.05, 3.63) is 65.2 Å². The van der Waals surface area contributed by atoms with E-state index in [1.54, 1.807) is 6.07 Å². The van der Waals surface area contributed by atoms with Crippen LogP contribution in [0.4, 0.5) is 13.2 Å². The third kappa shape index (κ3) is 5.68. The van der Waals surface area contributed by atoms with Crippen molar-refractivity contribution in [2.24, 2.45) is 5.84 Å². The van der Waals surface area contributed by atoms with Crippen LogP contribution in [0.15, 0.2) is 48.5 Å². The number of piperidine rings is 1. The number of hydrogen-bond donors (Lipinski definition) is 1. The Hall–Kier alpha value is -1.76. The fraction of sp³-hybridized carbons (Fsp3) is 0.478. The molecule has 7 heteroatoms. The van der Waals surface area contributed by atoms with Gasteiger partial charge < -0.3 is 4.74 Å². The zero-order valence-electron chi connectivity index (χ0n) is 17.4. The lowest BCUT2D eigenvalue weighted by Gasteiger charge is -2.45. The molecular weight excluding hydrogens is 413 g/mol. The standard InChI is InChI=1S/C23H29F3N2O.ClH/c1-17(2)18-10-11-21(29-16-23(24,25)26)19(14-18)15-22(12-6-7-13-28(22)27)20-8-4-3-5-9-20;/h3-5,8-11,14,17H,6-7,12-13,15-16,27H2,1-2H3;1H. The summed E-state index contributed by atoms with van der Waals surface area (Å²) in [6.45, 7) is 3.58. The molecule has 1 aliphatic rings. The highest BCUT2D eigenvalue weighted by atomic mass is 35.5. The third-order valence-corrected chi connectivity index (χ3v) is 5.73. The Bertz CT molecular complexity index is 814. The van der Waals surface area contributed by atoms with Crippen molar-refractivity contribution < 1.29 is 17.9 Å². The summed E-state index contributed by atoms with van der Waals surface area (Å²) in [5, 5.41) is 1.86. The lowest BCUT2D eigenvalue weighted by molar-refractivity contribution is -0.153. The van der Waals surface area contributed by atoms with Gasteiger partial charge in [-0.05, 0) is 54.4 Å². The second-order valence-corrected chi connectivity index (χ2v) is 8.15. The summed E-state index contributed by atoms with van der Waals surface area (Å²) in [6, 6.07) is 15.5. The first-order valence-corrected chi connectivity index (χ1v) is 10.1. The Morgan fingerprint density at radius 2 is 1.80 bits per heavy atom. The topological polar surface area (TPSA) is 38.5 Å². The summed E-state index contributed by atoms with van der Waals surface area (Å²) >= 11 is 0. The normalized spacial score (nSPS) is 20.1. The molecule has 1 unspecified atom stereocenters. The van der Waals surface area contributed by atoms with Crippen molar-refractivity contribution in [1.29, 1.82) is 0 Å². The van der Waals surface area contributed by atoms with Gasteiger partial charge in [-0.25, -0.2) is 5.01 Å². The molecule has 0 spiro atoms. The summed E-state index contributed by atoms with van der Waals surface area (Å²) in [6.07, 6.45) is -1.00. The van der Waals surface area contributed by atoms with Crippen molar-refractivity contribution in [2.45, 2.75) is 57.2 Å². The molecule has 2 aromatic carbocycles. The Kier molecular flexibility index (Phi) is 8.20. The minimum Gasteiger partial charge on any atom is -0.484 e. The van der Waals surface area contributed by atoms with Crippen molar-refractivity contribution in [3.63, 3.8) is 0 Å². The van der Waals surface area contributed by atoms with E-state index in [1.807, 2.05) is 47.5 Å². The van der Waals surface area contributed by atoms with Gasteiger partial charge in [0.05, 0.1) is 5.54 Å². The first kappa shape index (κ1) is 24.5. The van der Waals surface area contributed by atoms with E-state index in [1.165, 1.54) is 0 Å². The van der Waals surface area contributed by atoms with E-state index in [2.05, 4.69) is 13.8 Å². The van der Waals surface area contributed by atoms with Crippen LogP contribution < -0.4 is 10.6 Å². The fourth-order valence-electron chi connectivity index (χ4n) is 4.12. The Labute approximate surface area is 182 Å². The van der Waals surface area contributed by atoms with Crippen LogP contribution >= 0.6 is 12.4 Å². The SMILES string of the molecule is CC(C)c1ccc(OCC(F)(F)F)c(CC2(c3ccccc3)CCCCN2N)c1.Cl. The molecule has 166 valence electrons. The van der Waals surface area contributed by atoms with E-state index < -0.39 is 18.3 Å². The van der Waals surface area contributed by atoms with E-state index in [0.29, 0.717) is 6.42 Å². The third-order valence-electron chi connectivity index (χ3n) is 5.73. The van der Waals surface area contributed by atoms with Crippen LogP contribution in [0.25, 0.3) is 0 Å². The van der Waals surface area contributed by atoms with Gasteiger partial charge in [-0.1, -0.05) is 56.3 Å². The number of nitrogens with two attached hydrogens (primary N) is 1.